The largest absolute Gasteiger partial charge is 0.376 e. The molecule has 4 nitrogen and oxygen atoms in total. The SMILES string of the molecule is C=C(/C=C\C)/C=C(/C1=N\N=N/C=C\C=C(/C)SC1=C)N(C)C. The van der Waals surface area contributed by atoms with E-state index in [1.807, 2.05) is 63.2 Å². The predicted molar refractivity (Wildman–Crippen MR) is 97.6 cm³/mol. The average molecular weight is 314 g/mol. The van der Waals surface area contributed by atoms with Gasteiger partial charge in [0.2, 0.25) is 0 Å². The minimum atomic E-state index is 0.687. The summed E-state index contributed by atoms with van der Waals surface area (Å²) in [4.78, 5) is 3.89. The molecule has 0 saturated carbocycles. The maximum absolute atomic E-state index is 4.24. The highest BCUT2D eigenvalue weighted by Gasteiger charge is 2.15. The third-order valence-corrected chi connectivity index (χ3v) is 3.55. The second-order valence-electron chi connectivity index (χ2n) is 4.80. The van der Waals surface area contributed by atoms with Crippen molar-refractivity contribution in [3.8, 4) is 0 Å². The van der Waals surface area contributed by atoms with Crippen LogP contribution in [0.5, 0.6) is 0 Å². The molecule has 0 radical (unpaired) electrons. The Morgan fingerprint density at radius 1 is 1.36 bits per heavy atom. The molecule has 1 aliphatic rings. The Morgan fingerprint density at radius 2 is 2.09 bits per heavy atom. The zero-order chi connectivity index (χ0) is 16.5. The summed E-state index contributed by atoms with van der Waals surface area (Å²) < 4.78 is 0. The number of hydrogen-bond donors (Lipinski definition) is 0. The van der Waals surface area contributed by atoms with Crippen LogP contribution >= 0.6 is 11.8 Å². The molecule has 22 heavy (non-hydrogen) atoms. The molecule has 0 bridgehead atoms. The first-order chi connectivity index (χ1) is 10.5. The van der Waals surface area contributed by atoms with Crippen molar-refractivity contribution in [2.24, 2.45) is 15.4 Å². The van der Waals surface area contributed by atoms with Gasteiger partial charge in [0.15, 0.2) is 0 Å². The lowest BCUT2D eigenvalue weighted by Gasteiger charge is -2.20. The second kappa shape index (κ2) is 9.00. The van der Waals surface area contributed by atoms with Crippen LogP contribution in [-0.4, -0.2) is 24.7 Å². The van der Waals surface area contributed by atoms with Gasteiger partial charge in [0.05, 0.1) is 11.9 Å². The monoisotopic (exact) mass is 314 g/mol. The molecule has 0 aromatic carbocycles. The molecule has 0 unspecified atom stereocenters. The van der Waals surface area contributed by atoms with Gasteiger partial charge in [-0.15, -0.1) is 10.2 Å². The van der Waals surface area contributed by atoms with Crippen LogP contribution in [0.25, 0.3) is 0 Å². The fourth-order valence-electron chi connectivity index (χ4n) is 1.69. The van der Waals surface area contributed by atoms with Crippen molar-refractivity contribution in [2.75, 3.05) is 14.1 Å². The van der Waals surface area contributed by atoms with Crippen molar-refractivity contribution < 1.29 is 0 Å². The maximum Gasteiger partial charge on any atom is 0.124 e. The van der Waals surface area contributed by atoms with Crippen molar-refractivity contribution in [3.63, 3.8) is 0 Å². The zero-order valence-corrected chi connectivity index (χ0v) is 14.4. The first kappa shape index (κ1) is 17.9. The fourth-order valence-corrected chi connectivity index (χ4v) is 2.47. The van der Waals surface area contributed by atoms with Gasteiger partial charge in [-0.25, -0.2) is 0 Å². The van der Waals surface area contributed by atoms with E-state index in [0.29, 0.717) is 5.71 Å². The molecule has 0 saturated heterocycles. The number of allylic oxidation sites excluding steroid dienone is 8. The number of hydrogen-bond acceptors (Lipinski definition) is 5. The summed E-state index contributed by atoms with van der Waals surface area (Å²) >= 11 is 1.56. The van der Waals surface area contributed by atoms with E-state index in [2.05, 4.69) is 28.6 Å². The Balaban J connectivity index is 3.30. The molecular formula is C17H22N4S. The van der Waals surface area contributed by atoms with Gasteiger partial charge in [-0.2, -0.15) is 0 Å². The molecule has 0 aromatic heterocycles. The molecule has 1 rings (SSSR count). The lowest BCUT2D eigenvalue weighted by atomic mass is 10.1. The van der Waals surface area contributed by atoms with E-state index in [-0.39, 0.29) is 0 Å². The lowest BCUT2D eigenvalue weighted by molar-refractivity contribution is 0.538. The molecule has 0 atom stereocenters. The highest BCUT2D eigenvalue weighted by Crippen LogP contribution is 2.28. The van der Waals surface area contributed by atoms with Gasteiger partial charge < -0.3 is 4.90 Å². The maximum atomic E-state index is 4.24. The molecular weight excluding hydrogens is 292 g/mol. The molecule has 0 aromatic rings. The summed E-state index contributed by atoms with van der Waals surface area (Å²) in [5.74, 6) is 0. The van der Waals surface area contributed by atoms with E-state index < -0.39 is 0 Å². The molecule has 1 aliphatic heterocycles. The van der Waals surface area contributed by atoms with E-state index in [1.165, 1.54) is 0 Å². The summed E-state index contributed by atoms with van der Waals surface area (Å²) in [6, 6.07) is 0. The zero-order valence-electron chi connectivity index (χ0n) is 13.6. The summed E-state index contributed by atoms with van der Waals surface area (Å²) in [7, 11) is 3.90. The first-order valence-electron chi connectivity index (χ1n) is 6.85. The minimum Gasteiger partial charge on any atom is -0.376 e. The van der Waals surface area contributed by atoms with E-state index >= 15 is 0 Å². The van der Waals surface area contributed by atoms with Gasteiger partial charge in [0.1, 0.15) is 5.71 Å². The summed E-state index contributed by atoms with van der Waals surface area (Å²) in [5.41, 5.74) is 2.46. The highest BCUT2D eigenvalue weighted by molar-refractivity contribution is 8.07. The van der Waals surface area contributed by atoms with Gasteiger partial charge in [0.25, 0.3) is 0 Å². The Kier molecular flexibility index (Phi) is 7.32. The highest BCUT2D eigenvalue weighted by atomic mass is 32.2. The lowest BCUT2D eigenvalue weighted by Crippen LogP contribution is -2.20. The average Bonchev–Trinajstić information content (AvgIpc) is 2.44. The van der Waals surface area contributed by atoms with Gasteiger partial charge >= 0.3 is 0 Å². The van der Waals surface area contributed by atoms with E-state index in [1.54, 1.807) is 18.0 Å². The Morgan fingerprint density at radius 3 is 2.73 bits per heavy atom. The number of thioether (sulfide) groups is 1. The van der Waals surface area contributed by atoms with Crippen LogP contribution in [0, 0.1) is 0 Å². The second-order valence-corrected chi connectivity index (χ2v) is 6.14. The molecule has 116 valence electrons. The van der Waals surface area contributed by atoms with Crippen LogP contribution < -0.4 is 0 Å². The molecule has 5 heteroatoms. The number of nitrogens with zero attached hydrogens (tertiary/aromatic N) is 4. The smallest absolute Gasteiger partial charge is 0.124 e. The molecule has 0 N–H and O–H groups in total. The summed E-state index contributed by atoms with van der Waals surface area (Å²) in [6.07, 6.45) is 11.3. The molecule has 0 spiro atoms. The van der Waals surface area contributed by atoms with Crippen LogP contribution in [0.4, 0.5) is 0 Å². The summed E-state index contributed by atoms with van der Waals surface area (Å²) in [5, 5.41) is 12.0. The van der Waals surface area contributed by atoms with Crippen LogP contribution in [0.1, 0.15) is 13.8 Å². The van der Waals surface area contributed by atoms with Crippen LogP contribution in [0.3, 0.4) is 0 Å². The standard InChI is InChI=1S/C17H22N4S/c1-7-9-13(2)12-16(21(5)6)17-15(4)22-14(3)10-8-11-18-20-19-17/h7-12H,2,4H2,1,3,5-6H3/b9-7-,11-8-,14-10+,16-12-,19-17-,20-18-. The van der Waals surface area contributed by atoms with Gasteiger partial charge in [-0.1, -0.05) is 43.1 Å². The molecule has 1 heterocycles. The van der Waals surface area contributed by atoms with Crippen LogP contribution in [-0.2, 0) is 0 Å². The van der Waals surface area contributed by atoms with Gasteiger partial charge in [-0.3, -0.25) is 0 Å². The van der Waals surface area contributed by atoms with Crippen molar-refractivity contribution >= 4 is 17.5 Å². The van der Waals surface area contributed by atoms with Crippen molar-refractivity contribution in [3.05, 3.63) is 70.8 Å². The van der Waals surface area contributed by atoms with Gasteiger partial charge in [0, 0.05) is 19.0 Å². The van der Waals surface area contributed by atoms with E-state index in [4.69, 9.17) is 0 Å². The Hall–Kier alpha value is -2.14. The number of rotatable bonds is 4. The Labute approximate surface area is 137 Å². The van der Waals surface area contributed by atoms with E-state index in [9.17, 15) is 0 Å². The minimum absolute atomic E-state index is 0.687. The third-order valence-electron chi connectivity index (χ3n) is 2.66. The van der Waals surface area contributed by atoms with E-state index in [0.717, 1.165) is 21.1 Å². The van der Waals surface area contributed by atoms with Crippen molar-refractivity contribution in [2.45, 2.75) is 13.8 Å². The first-order valence-corrected chi connectivity index (χ1v) is 7.66. The summed E-state index contributed by atoms with van der Waals surface area (Å²) in [6.45, 7) is 12.1. The normalized spacial score (nSPS) is 24.2. The Bertz CT molecular complexity index is 617. The van der Waals surface area contributed by atoms with Gasteiger partial charge in [-0.05, 0) is 41.7 Å². The fraction of sp³-hybridized carbons (Fsp3) is 0.235. The van der Waals surface area contributed by atoms with Crippen LogP contribution in [0.2, 0.25) is 0 Å². The van der Waals surface area contributed by atoms with Crippen molar-refractivity contribution in [1.29, 1.82) is 0 Å². The topological polar surface area (TPSA) is 40.3 Å². The predicted octanol–water partition coefficient (Wildman–Crippen LogP) is 5.05. The van der Waals surface area contributed by atoms with Crippen molar-refractivity contribution in [1.82, 2.24) is 4.90 Å². The molecule has 0 fully saturated rings. The third kappa shape index (κ3) is 5.69. The quantitative estimate of drug-likeness (QED) is 0.681. The molecule has 0 amide bonds. The molecule has 0 aliphatic carbocycles. The van der Waals surface area contributed by atoms with Crippen LogP contribution in [0.15, 0.2) is 86.3 Å².